The lowest BCUT2D eigenvalue weighted by Crippen LogP contribution is -2.25. The molecule has 1 heterocycles. The molecule has 25 heavy (non-hydrogen) atoms. The largest absolute Gasteiger partial charge is 0.486 e. The average Bonchev–Trinajstić information content (AvgIpc) is 3.14. The normalized spacial score (nSPS) is 22.9. The molecular formula is C18H19Cl2FN2O2. The van der Waals surface area contributed by atoms with Gasteiger partial charge in [-0.1, -0.05) is 23.2 Å². The lowest BCUT2D eigenvalue weighted by molar-refractivity contribution is 0.0604. The molecule has 1 saturated carbocycles. The van der Waals surface area contributed by atoms with Crippen molar-refractivity contribution in [1.29, 1.82) is 0 Å². The molecule has 4 rings (SSSR count). The van der Waals surface area contributed by atoms with Crippen molar-refractivity contribution < 1.29 is 14.2 Å². The molecule has 2 unspecified atom stereocenters. The lowest BCUT2D eigenvalue weighted by Gasteiger charge is -2.19. The van der Waals surface area contributed by atoms with Crippen molar-refractivity contribution in [2.75, 3.05) is 0 Å². The molecule has 0 amide bonds. The Balaban J connectivity index is 1.72. The molecule has 1 N–H and O–H groups in total. The molecule has 2 atom stereocenters. The van der Waals surface area contributed by atoms with Gasteiger partial charge in [-0.3, -0.25) is 0 Å². The summed E-state index contributed by atoms with van der Waals surface area (Å²) in [6, 6.07) is 2.73. The fourth-order valence-electron chi connectivity index (χ4n) is 3.65. The standard InChI is InChI=1S/C18H19Cl2FN2O2/c19-11-8-12(21)14(9-17(11)25-16-7-3-6-15(16)24)23-18(20)10-4-1-2-5-13(10)22-23/h8-9,15-16,24H,1-7H2. The van der Waals surface area contributed by atoms with Crippen molar-refractivity contribution >= 4 is 23.2 Å². The maximum absolute atomic E-state index is 14.5. The fraction of sp³-hybridized carbons (Fsp3) is 0.500. The van der Waals surface area contributed by atoms with E-state index in [4.69, 9.17) is 27.9 Å². The van der Waals surface area contributed by atoms with Crippen molar-refractivity contribution in [3.63, 3.8) is 0 Å². The van der Waals surface area contributed by atoms with Gasteiger partial charge in [0.25, 0.3) is 0 Å². The van der Waals surface area contributed by atoms with E-state index in [9.17, 15) is 9.50 Å². The van der Waals surface area contributed by atoms with Crippen molar-refractivity contribution in [2.24, 2.45) is 0 Å². The van der Waals surface area contributed by atoms with Gasteiger partial charge in [-0.25, -0.2) is 9.07 Å². The number of hydrogen-bond donors (Lipinski definition) is 1. The summed E-state index contributed by atoms with van der Waals surface area (Å²) in [7, 11) is 0. The maximum atomic E-state index is 14.5. The highest BCUT2D eigenvalue weighted by molar-refractivity contribution is 6.32. The number of aryl methyl sites for hydroxylation is 1. The number of ether oxygens (including phenoxy) is 1. The van der Waals surface area contributed by atoms with E-state index < -0.39 is 11.9 Å². The molecule has 2 aliphatic rings. The van der Waals surface area contributed by atoms with Crippen LogP contribution in [-0.4, -0.2) is 27.1 Å². The minimum atomic E-state index is -0.523. The predicted octanol–water partition coefficient (Wildman–Crippen LogP) is 4.49. The molecular weight excluding hydrogens is 366 g/mol. The van der Waals surface area contributed by atoms with Gasteiger partial charge in [-0.15, -0.1) is 0 Å². The Morgan fingerprint density at radius 3 is 2.68 bits per heavy atom. The van der Waals surface area contributed by atoms with Crippen LogP contribution in [0.1, 0.15) is 43.4 Å². The molecule has 1 fully saturated rings. The predicted molar refractivity (Wildman–Crippen MR) is 94.5 cm³/mol. The Hall–Kier alpha value is -1.30. The summed E-state index contributed by atoms with van der Waals surface area (Å²) in [5, 5.41) is 15.1. The van der Waals surface area contributed by atoms with Gasteiger partial charge in [0.05, 0.1) is 16.8 Å². The molecule has 134 valence electrons. The van der Waals surface area contributed by atoms with E-state index in [0.29, 0.717) is 17.3 Å². The number of benzene rings is 1. The first-order chi connectivity index (χ1) is 12.0. The van der Waals surface area contributed by atoms with Gasteiger partial charge in [0.15, 0.2) is 5.82 Å². The summed E-state index contributed by atoms with van der Waals surface area (Å²) < 4.78 is 21.8. The third-order valence-electron chi connectivity index (χ3n) is 5.02. The van der Waals surface area contributed by atoms with Gasteiger partial charge in [-0.2, -0.15) is 5.10 Å². The second kappa shape index (κ2) is 6.78. The summed E-state index contributed by atoms with van der Waals surface area (Å²) in [6.45, 7) is 0. The van der Waals surface area contributed by atoms with E-state index in [1.165, 1.54) is 16.8 Å². The van der Waals surface area contributed by atoms with Crippen LogP contribution in [0.3, 0.4) is 0 Å². The molecule has 1 aromatic carbocycles. The van der Waals surface area contributed by atoms with Crippen molar-refractivity contribution in [3.05, 3.63) is 39.4 Å². The minimum absolute atomic E-state index is 0.174. The maximum Gasteiger partial charge on any atom is 0.150 e. The molecule has 7 heteroatoms. The third-order valence-corrected chi connectivity index (χ3v) is 5.70. The van der Waals surface area contributed by atoms with Gasteiger partial charge < -0.3 is 9.84 Å². The van der Waals surface area contributed by atoms with E-state index in [2.05, 4.69) is 5.10 Å². The molecule has 0 saturated heterocycles. The molecule has 4 nitrogen and oxygen atoms in total. The molecule has 2 aliphatic carbocycles. The number of nitrogens with zero attached hydrogens (tertiary/aromatic N) is 2. The van der Waals surface area contributed by atoms with Crippen LogP contribution in [0.25, 0.3) is 5.69 Å². The Morgan fingerprint density at radius 1 is 1.16 bits per heavy atom. The van der Waals surface area contributed by atoms with Crippen LogP contribution in [-0.2, 0) is 12.8 Å². The molecule has 0 radical (unpaired) electrons. The average molecular weight is 385 g/mol. The molecule has 0 aliphatic heterocycles. The SMILES string of the molecule is OC1CCCC1Oc1cc(-n2nc3c(c2Cl)CCCC3)c(F)cc1Cl. The van der Waals surface area contributed by atoms with Gasteiger partial charge in [-0.05, 0) is 51.0 Å². The Bertz CT molecular complexity index is 809. The van der Waals surface area contributed by atoms with Crippen molar-refractivity contribution in [2.45, 2.75) is 57.2 Å². The van der Waals surface area contributed by atoms with E-state index in [-0.39, 0.29) is 16.8 Å². The van der Waals surface area contributed by atoms with E-state index in [0.717, 1.165) is 49.8 Å². The highest BCUT2D eigenvalue weighted by Gasteiger charge is 2.28. The first-order valence-corrected chi connectivity index (χ1v) is 9.40. The number of aliphatic hydroxyl groups excluding tert-OH is 1. The zero-order valence-corrected chi connectivity index (χ0v) is 15.2. The molecule has 0 spiro atoms. The summed E-state index contributed by atoms with van der Waals surface area (Å²) in [5.74, 6) is -0.167. The lowest BCUT2D eigenvalue weighted by atomic mass is 9.99. The summed E-state index contributed by atoms with van der Waals surface area (Å²) in [5.41, 5.74) is 2.14. The van der Waals surface area contributed by atoms with Crippen LogP contribution in [0.5, 0.6) is 5.75 Å². The van der Waals surface area contributed by atoms with E-state index in [1.54, 1.807) is 0 Å². The van der Waals surface area contributed by atoms with Crippen molar-refractivity contribution in [3.8, 4) is 11.4 Å². The van der Waals surface area contributed by atoms with Crippen LogP contribution in [0.2, 0.25) is 10.2 Å². The second-order valence-corrected chi connectivity index (χ2v) is 7.49. The molecule has 1 aromatic heterocycles. The summed E-state index contributed by atoms with van der Waals surface area (Å²) >= 11 is 12.6. The first kappa shape index (κ1) is 17.1. The topological polar surface area (TPSA) is 47.3 Å². The zero-order valence-electron chi connectivity index (χ0n) is 13.6. The second-order valence-electron chi connectivity index (χ2n) is 6.72. The smallest absolute Gasteiger partial charge is 0.150 e. The van der Waals surface area contributed by atoms with E-state index >= 15 is 0 Å². The first-order valence-electron chi connectivity index (χ1n) is 8.65. The third kappa shape index (κ3) is 3.14. The summed E-state index contributed by atoms with van der Waals surface area (Å²) in [4.78, 5) is 0. The number of aromatic nitrogens is 2. The molecule has 2 aromatic rings. The highest BCUT2D eigenvalue weighted by Crippen LogP contribution is 2.36. The minimum Gasteiger partial charge on any atom is -0.486 e. The Kier molecular flexibility index (Phi) is 4.65. The Labute approximate surface area is 155 Å². The zero-order chi connectivity index (χ0) is 17.6. The van der Waals surface area contributed by atoms with Crippen LogP contribution in [0.15, 0.2) is 12.1 Å². The quantitative estimate of drug-likeness (QED) is 0.847. The van der Waals surface area contributed by atoms with Gasteiger partial charge >= 0.3 is 0 Å². The Morgan fingerprint density at radius 2 is 1.96 bits per heavy atom. The molecule has 0 bridgehead atoms. The van der Waals surface area contributed by atoms with Crippen LogP contribution >= 0.6 is 23.2 Å². The number of hydrogen-bond acceptors (Lipinski definition) is 3. The van der Waals surface area contributed by atoms with Crippen LogP contribution < -0.4 is 4.74 Å². The van der Waals surface area contributed by atoms with Crippen LogP contribution in [0.4, 0.5) is 4.39 Å². The van der Waals surface area contributed by atoms with Crippen LogP contribution in [0, 0.1) is 5.82 Å². The number of fused-ring (bicyclic) bond motifs is 1. The summed E-state index contributed by atoms with van der Waals surface area (Å²) in [6.07, 6.45) is 5.36. The fourth-order valence-corrected chi connectivity index (χ4v) is 4.18. The van der Waals surface area contributed by atoms with Gasteiger partial charge in [0.1, 0.15) is 22.7 Å². The van der Waals surface area contributed by atoms with Gasteiger partial charge in [0.2, 0.25) is 0 Å². The monoisotopic (exact) mass is 384 g/mol. The van der Waals surface area contributed by atoms with E-state index in [1.807, 2.05) is 0 Å². The van der Waals surface area contributed by atoms with Crippen molar-refractivity contribution in [1.82, 2.24) is 9.78 Å². The number of aliphatic hydroxyl groups is 1. The highest BCUT2D eigenvalue weighted by atomic mass is 35.5. The number of rotatable bonds is 3. The van der Waals surface area contributed by atoms with Gasteiger partial charge in [0, 0.05) is 11.6 Å². The number of halogens is 3.